The Labute approximate surface area is 108 Å². The van der Waals surface area contributed by atoms with Crippen LogP contribution in [0.25, 0.3) is 0 Å². The van der Waals surface area contributed by atoms with Crippen molar-refractivity contribution >= 4 is 5.69 Å². The Kier molecular flexibility index (Phi) is 4.19. The maximum atomic E-state index is 13.4. The van der Waals surface area contributed by atoms with Crippen LogP contribution in [-0.2, 0) is 0 Å². The number of nitriles is 1. The second kappa shape index (κ2) is 5.86. The quantitative estimate of drug-likeness (QED) is 0.812. The van der Waals surface area contributed by atoms with E-state index in [1.807, 2.05) is 13.1 Å². The molecule has 3 heteroatoms. The molecule has 1 saturated carbocycles. The molecule has 0 bridgehead atoms. The molecule has 1 aliphatic rings. The monoisotopic (exact) mass is 246 g/mol. The van der Waals surface area contributed by atoms with Crippen LogP contribution in [0.1, 0.15) is 37.7 Å². The molecule has 96 valence electrons. The number of hydrogen-bond acceptors (Lipinski definition) is 2. The second-order valence-electron chi connectivity index (χ2n) is 5.19. The van der Waals surface area contributed by atoms with Gasteiger partial charge in [-0.05, 0) is 37.0 Å². The Morgan fingerprint density at radius 3 is 2.67 bits per heavy atom. The molecule has 1 aromatic carbocycles. The molecule has 18 heavy (non-hydrogen) atoms. The highest BCUT2D eigenvalue weighted by Crippen LogP contribution is 2.26. The van der Waals surface area contributed by atoms with Gasteiger partial charge < -0.3 is 4.90 Å². The van der Waals surface area contributed by atoms with E-state index in [1.54, 1.807) is 6.07 Å². The third-order valence-corrected chi connectivity index (χ3v) is 3.71. The largest absolute Gasteiger partial charge is 0.374 e. The van der Waals surface area contributed by atoms with E-state index in [1.165, 1.54) is 44.2 Å². The molecular weight excluding hydrogens is 227 g/mol. The molecule has 2 rings (SSSR count). The molecule has 0 radical (unpaired) electrons. The third kappa shape index (κ3) is 3.22. The first kappa shape index (κ1) is 12.9. The van der Waals surface area contributed by atoms with Crippen molar-refractivity contribution in [3.05, 3.63) is 29.6 Å². The maximum absolute atomic E-state index is 13.4. The summed E-state index contributed by atoms with van der Waals surface area (Å²) < 4.78 is 13.4. The number of nitrogens with zero attached hydrogens (tertiary/aromatic N) is 2. The first-order chi connectivity index (χ1) is 8.69. The van der Waals surface area contributed by atoms with Crippen LogP contribution in [0.2, 0.25) is 0 Å². The van der Waals surface area contributed by atoms with Crippen LogP contribution in [0.15, 0.2) is 18.2 Å². The van der Waals surface area contributed by atoms with Crippen molar-refractivity contribution in [3.8, 4) is 6.07 Å². The Bertz CT molecular complexity index is 444. The van der Waals surface area contributed by atoms with E-state index in [9.17, 15) is 4.39 Å². The Balaban J connectivity index is 2.05. The summed E-state index contributed by atoms with van der Waals surface area (Å²) in [6.45, 7) is 0.953. The molecular formula is C15H19FN2. The number of halogens is 1. The molecule has 2 nitrogen and oxygen atoms in total. The van der Waals surface area contributed by atoms with Gasteiger partial charge in [0.2, 0.25) is 0 Å². The van der Waals surface area contributed by atoms with Gasteiger partial charge in [-0.2, -0.15) is 5.26 Å². The van der Waals surface area contributed by atoms with E-state index in [2.05, 4.69) is 4.90 Å². The zero-order chi connectivity index (χ0) is 13.0. The lowest BCUT2D eigenvalue weighted by Gasteiger charge is -2.28. The lowest BCUT2D eigenvalue weighted by atomic mass is 9.89. The summed E-state index contributed by atoms with van der Waals surface area (Å²) in [6.07, 6.45) is 6.50. The third-order valence-electron chi connectivity index (χ3n) is 3.71. The number of anilines is 1. The van der Waals surface area contributed by atoms with E-state index in [-0.39, 0.29) is 5.82 Å². The number of benzene rings is 1. The van der Waals surface area contributed by atoms with Gasteiger partial charge >= 0.3 is 0 Å². The van der Waals surface area contributed by atoms with Gasteiger partial charge in [0.05, 0.1) is 11.6 Å². The maximum Gasteiger partial charge on any atom is 0.126 e. The molecule has 0 atom stereocenters. The summed E-state index contributed by atoms with van der Waals surface area (Å²) in [5, 5.41) is 8.85. The Morgan fingerprint density at radius 2 is 2.00 bits per heavy atom. The fraction of sp³-hybridized carbons (Fsp3) is 0.533. The average Bonchev–Trinajstić information content (AvgIpc) is 2.39. The van der Waals surface area contributed by atoms with Crippen molar-refractivity contribution in [1.29, 1.82) is 5.26 Å². The predicted octanol–water partition coefficient (Wildman–Crippen LogP) is 3.71. The van der Waals surface area contributed by atoms with E-state index < -0.39 is 0 Å². The van der Waals surface area contributed by atoms with Gasteiger partial charge in [-0.1, -0.05) is 19.3 Å². The summed E-state index contributed by atoms with van der Waals surface area (Å²) in [7, 11) is 1.98. The summed E-state index contributed by atoms with van der Waals surface area (Å²) in [4.78, 5) is 2.07. The molecule has 0 aromatic heterocycles. The fourth-order valence-corrected chi connectivity index (χ4v) is 2.72. The van der Waals surface area contributed by atoms with Crippen LogP contribution in [0.4, 0.5) is 10.1 Å². The van der Waals surface area contributed by atoms with Crippen LogP contribution in [0.5, 0.6) is 0 Å². The van der Waals surface area contributed by atoms with Gasteiger partial charge in [0.1, 0.15) is 5.82 Å². The van der Waals surface area contributed by atoms with Crippen LogP contribution < -0.4 is 4.90 Å². The zero-order valence-corrected chi connectivity index (χ0v) is 10.8. The fourth-order valence-electron chi connectivity index (χ4n) is 2.72. The van der Waals surface area contributed by atoms with E-state index in [0.717, 1.165) is 12.2 Å². The lowest BCUT2D eigenvalue weighted by Crippen LogP contribution is -2.26. The van der Waals surface area contributed by atoms with E-state index >= 15 is 0 Å². The minimum Gasteiger partial charge on any atom is -0.374 e. The first-order valence-electron chi connectivity index (χ1n) is 6.61. The van der Waals surface area contributed by atoms with Crippen LogP contribution >= 0.6 is 0 Å². The van der Waals surface area contributed by atoms with Gasteiger partial charge in [0.25, 0.3) is 0 Å². The van der Waals surface area contributed by atoms with Crippen LogP contribution in [0, 0.1) is 23.1 Å². The Morgan fingerprint density at radius 1 is 1.28 bits per heavy atom. The standard InChI is InChI=1S/C15H19FN2/c1-18(11-12-5-3-2-4-6-12)15-8-13(10-17)7-14(16)9-15/h7-9,12H,2-6,11H2,1H3. The highest BCUT2D eigenvalue weighted by Gasteiger charge is 2.16. The molecule has 0 saturated heterocycles. The van der Waals surface area contributed by atoms with E-state index in [0.29, 0.717) is 11.5 Å². The minimum atomic E-state index is -0.334. The zero-order valence-electron chi connectivity index (χ0n) is 10.8. The predicted molar refractivity (Wildman–Crippen MR) is 71.0 cm³/mol. The first-order valence-corrected chi connectivity index (χ1v) is 6.61. The number of rotatable bonds is 3. The Hall–Kier alpha value is -1.56. The summed E-state index contributed by atoms with van der Waals surface area (Å²) in [6, 6.07) is 6.54. The average molecular weight is 246 g/mol. The second-order valence-corrected chi connectivity index (χ2v) is 5.19. The molecule has 0 heterocycles. The minimum absolute atomic E-state index is 0.334. The molecule has 1 aromatic rings. The smallest absolute Gasteiger partial charge is 0.126 e. The van der Waals surface area contributed by atoms with Crippen molar-refractivity contribution in [2.24, 2.45) is 5.92 Å². The van der Waals surface area contributed by atoms with Gasteiger partial charge in [-0.15, -0.1) is 0 Å². The van der Waals surface area contributed by atoms with Gasteiger partial charge in [0.15, 0.2) is 0 Å². The van der Waals surface area contributed by atoms with Crippen LogP contribution in [-0.4, -0.2) is 13.6 Å². The van der Waals surface area contributed by atoms with Crippen LogP contribution in [0.3, 0.4) is 0 Å². The van der Waals surface area contributed by atoms with Crippen molar-refractivity contribution in [3.63, 3.8) is 0 Å². The molecule has 0 N–H and O–H groups in total. The van der Waals surface area contributed by atoms with E-state index in [4.69, 9.17) is 5.26 Å². The van der Waals surface area contributed by atoms with Gasteiger partial charge in [-0.25, -0.2) is 4.39 Å². The topological polar surface area (TPSA) is 27.0 Å². The van der Waals surface area contributed by atoms with Crippen molar-refractivity contribution in [2.75, 3.05) is 18.5 Å². The normalized spacial score (nSPS) is 16.3. The molecule has 1 aliphatic carbocycles. The molecule has 1 fully saturated rings. The summed E-state index contributed by atoms with van der Waals surface area (Å²) in [5.74, 6) is 0.372. The SMILES string of the molecule is CN(CC1CCCCC1)c1cc(F)cc(C#N)c1. The molecule has 0 spiro atoms. The molecule has 0 aliphatic heterocycles. The van der Waals surface area contributed by atoms with Gasteiger partial charge in [-0.3, -0.25) is 0 Å². The van der Waals surface area contributed by atoms with Crippen molar-refractivity contribution < 1.29 is 4.39 Å². The highest BCUT2D eigenvalue weighted by molar-refractivity contribution is 5.51. The molecule has 0 unspecified atom stereocenters. The van der Waals surface area contributed by atoms with Crippen molar-refractivity contribution in [1.82, 2.24) is 0 Å². The summed E-state index contributed by atoms with van der Waals surface area (Å²) >= 11 is 0. The highest BCUT2D eigenvalue weighted by atomic mass is 19.1. The lowest BCUT2D eigenvalue weighted by molar-refractivity contribution is 0.362. The number of hydrogen-bond donors (Lipinski definition) is 0. The molecule has 0 amide bonds. The van der Waals surface area contributed by atoms with Gasteiger partial charge in [0, 0.05) is 19.3 Å². The summed E-state index contributed by atoms with van der Waals surface area (Å²) in [5.41, 5.74) is 1.19. The van der Waals surface area contributed by atoms with Crippen molar-refractivity contribution in [2.45, 2.75) is 32.1 Å².